The van der Waals surface area contributed by atoms with E-state index in [1.165, 1.54) is 38.5 Å². The van der Waals surface area contributed by atoms with Crippen molar-refractivity contribution in [2.75, 3.05) is 19.8 Å². The van der Waals surface area contributed by atoms with Gasteiger partial charge in [-0.3, -0.25) is 13.8 Å². The van der Waals surface area contributed by atoms with E-state index in [2.05, 4.69) is 86.8 Å². The smallest absolute Gasteiger partial charge is 0.457 e. The molecule has 0 bridgehead atoms. The maximum absolute atomic E-state index is 12.8. The van der Waals surface area contributed by atoms with E-state index in [0.717, 1.165) is 116 Å². The zero-order valence-corrected chi connectivity index (χ0v) is 40.5. The molecule has 6 unspecified atom stereocenters. The standard InChI is InChI=1S/C51H89O12P/c1-3-5-7-9-11-13-15-17-19-21-22-23-24-25-26-28-30-32-34-36-38-40-45(52)62-44(43-61-64(58,59)63-51-49(56)47(54)46(53)48(55)50(51)57)42-60-41-39-37-35-33-31-29-27-20-18-16-14-12-10-8-6-4-2/h6,8,12,14-15,17-18,20-22,24-25,44,46-51,53-57H,3-5,7,9-11,13,16,19,23,26-43H2,1-2H3,(H,58,59)/b8-6-,14-12-,17-15-,20-18-,22-21-,25-24-. The summed E-state index contributed by atoms with van der Waals surface area (Å²) in [5.74, 6) is -0.497. The van der Waals surface area contributed by atoms with Crippen molar-refractivity contribution >= 4 is 13.8 Å². The van der Waals surface area contributed by atoms with Crippen molar-refractivity contribution in [2.45, 2.75) is 224 Å². The lowest BCUT2D eigenvalue weighted by Crippen LogP contribution is -2.64. The second kappa shape index (κ2) is 41.0. The number of carbonyl (C=O) groups is 1. The first-order valence-corrected chi connectivity index (χ1v) is 26.3. The summed E-state index contributed by atoms with van der Waals surface area (Å²) in [5.41, 5.74) is 0. The van der Waals surface area contributed by atoms with Crippen LogP contribution in [0, 0.1) is 0 Å². The molecule has 0 heterocycles. The molecular weight excluding hydrogens is 836 g/mol. The fourth-order valence-electron chi connectivity index (χ4n) is 7.14. The van der Waals surface area contributed by atoms with E-state index in [0.29, 0.717) is 13.0 Å². The molecule has 0 radical (unpaired) electrons. The number of rotatable bonds is 41. The number of allylic oxidation sites excluding steroid dienone is 12. The van der Waals surface area contributed by atoms with Gasteiger partial charge in [0, 0.05) is 13.0 Å². The Morgan fingerprint density at radius 1 is 0.516 bits per heavy atom. The van der Waals surface area contributed by atoms with Crippen LogP contribution < -0.4 is 0 Å². The number of carbonyl (C=O) groups excluding carboxylic acids is 1. The summed E-state index contributed by atoms with van der Waals surface area (Å²) in [4.78, 5) is 23.2. The molecule has 13 heteroatoms. The van der Waals surface area contributed by atoms with E-state index in [-0.39, 0.29) is 13.0 Å². The maximum Gasteiger partial charge on any atom is 0.472 e. The van der Waals surface area contributed by atoms with E-state index >= 15 is 0 Å². The van der Waals surface area contributed by atoms with Gasteiger partial charge in [-0.2, -0.15) is 0 Å². The van der Waals surface area contributed by atoms with Crippen LogP contribution in [0.5, 0.6) is 0 Å². The number of hydrogen-bond acceptors (Lipinski definition) is 11. The quantitative estimate of drug-likeness (QED) is 0.0147. The number of unbranched alkanes of at least 4 members (excludes halogenated alkanes) is 17. The van der Waals surface area contributed by atoms with Gasteiger partial charge in [0.1, 0.15) is 42.7 Å². The Balaban J connectivity index is 2.39. The van der Waals surface area contributed by atoms with Crippen molar-refractivity contribution in [3.63, 3.8) is 0 Å². The Morgan fingerprint density at radius 2 is 0.922 bits per heavy atom. The van der Waals surface area contributed by atoms with Gasteiger partial charge in [0.25, 0.3) is 0 Å². The van der Waals surface area contributed by atoms with Crippen molar-refractivity contribution in [3.8, 4) is 0 Å². The van der Waals surface area contributed by atoms with Crippen LogP contribution in [-0.4, -0.2) is 98.9 Å². The van der Waals surface area contributed by atoms with Gasteiger partial charge < -0.3 is 39.9 Å². The highest BCUT2D eigenvalue weighted by Crippen LogP contribution is 2.47. The molecule has 1 fully saturated rings. The maximum atomic E-state index is 12.8. The largest absolute Gasteiger partial charge is 0.472 e. The number of aliphatic hydroxyl groups excluding tert-OH is 5. The summed E-state index contributed by atoms with van der Waals surface area (Å²) < 4.78 is 34.2. The number of esters is 1. The summed E-state index contributed by atoms with van der Waals surface area (Å²) in [6, 6.07) is 0. The lowest BCUT2D eigenvalue weighted by Gasteiger charge is -2.41. The van der Waals surface area contributed by atoms with Crippen LogP contribution in [-0.2, 0) is 27.9 Å². The van der Waals surface area contributed by atoms with Crippen LogP contribution in [0.25, 0.3) is 0 Å². The molecule has 64 heavy (non-hydrogen) atoms. The predicted molar refractivity (Wildman–Crippen MR) is 258 cm³/mol. The van der Waals surface area contributed by atoms with E-state index in [4.69, 9.17) is 18.5 Å². The van der Waals surface area contributed by atoms with Gasteiger partial charge in [0.2, 0.25) is 0 Å². The van der Waals surface area contributed by atoms with Crippen molar-refractivity contribution in [3.05, 3.63) is 72.9 Å². The van der Waals surface area contributed by atoms with Gasteiger partial charge in [-0.15, -0.1) is 0 Å². The van der Waals surface area contributed by atoms with Gasteiger partial charge in [0.05, 0.1) is 13.2 Å². The van der Waals surface area contributed by atoms with E-state index < -0.39 is 63.1 Å². The third kappa shape index (κ3) is 32.5. The molecule has 12 nitrogen and oxygen atoms in total. The molecule has 370 valence electrons. The third-order valence-corrected chi connectivity index (χ3v) is 12.0. The lowest BCUT2D eigenvalue weighted by atomic mass is 9.85. The average molecular weight is 925 g/mol. The average Bonchev–Trinajstić information content (AvgIpc) is 3.28. The number of phosphoric acid groups is 1. The Morgan fingerprint density at radius 3 is 1.41 bits per heavy atom. The van der Waals surface area contributed by atoms with Crippen molar-refractivity contribution in [2.24, 2.45) is 0 Å². The number of phosphoric ester groups is 1. The summed E-state index contributed by atoms with van der Waals surface area (Å²) in [7, 11) is -5.03. The lowest BCUT2D eigenvalue weighted by molar-refractivity contribution is -0.220. The molecule has 0 aromatic heterocycles. The minimum Gasteiger partial charge on any atom is -0.457 e. The van der Waals surface area contributed by atoms with E-state index in [1.807, 2.05) is 0 Å². The Bertz CT molecular complexity index is 1330. The van der Waals surface area contributed by atoms with Gasteiger partial charge >= 0.3 is 13.8 Å². The van der Waals surface area contributed by atoms with Crippen molar-refractivity contribution in [1.82, 2.24) is 0 Å². The van der Waals surface area contributed by atoms with Crippen LogP contribution in [0.15, 0.2) is 72.9 Å². The molecule has 0 aliphatic heterocycles. The summed E-state index contributed by atoms with van der Waals surface area (Å²) in [6.45, 7) is 4.09. The highest BCUT2D eigenvalue weighted by atomic mass is 31.2. The Kier molecular flexibility index (Phi) is 38.3. The van der Waals surface area contributed by atoms with Crippen LogP contribution in [0.4, 0.5) is 0 Å². The SMILES string of the molecule is CC/C=C\C/C=C\C/C=C\CCCCCCCCOCC(COP(=O)(O)OC1C(O)C(O)C(O)C(O)C1O)OC(=O)CCCCCCCC/C=C\C/C=C\C/C=C\CCCCCCC. The van der Waals surface area contributed by atoms with Gasteiger partial charge in [-0.25, -0.2) is 4.57 Å². The van der Waals surface area contributed by atoms with Gasteiger partial charge in [-0.1, -0.05) is 164 Å². The molecular formula is C51H89O12P. The van der Waals surface area contributed by atoms with Crippen LogP contribution >= 0.6 is 7.82 Å². The first kappa shape index (κ1) is 59.8. The molecule has 0 aromatic rings. The predicted octanol–water partition coefficient (Wildman–Crippen LogP) is 10.8. The summed E-state index contributed by atoms with van der Waals surface area (Å²) >= 11 is 0. The van der Waals surface area contributed by atoms with Gasteiger partial charge in [0.15, 0.2) is 0 Å². The first-order valence-electron chi connectivity index (χ1n) is 24.8. The van der Waals surface area contributed by atoms with Gasteiger partial charge in [-0.05, 0) is 83.5 Å². The molecule has 0 amide bonds. The molecule has 0 spiro atoms. The van der Waals surface area contributed by atoms with Crippen LogP contribution in [0.3, 0.4) is 0 Å². The van der Waals surface area contributed by atoms with Crippen molar-refractivity contribution in [1.29, 1.82) is 0 Å². The third-order valence-electron chi connectivity index (χ3n) is 11.1. The fraction of sp³-hybridized carbons (Fsp3) is 0.745. The minimum atomic E-state index is -5.03. The monoisotopic (exact) mass is 925 g/mol. The van der Waals surface area contributed by atoms with Crippen molar-refractivity contribution < 1.29 is 58.3 Å². The number of aliphatic hydroxyl groups is 5. The molecule has 6 N–H and O–H groups in total. The number of ether oxygens (including phenoxy) is 2. The van der Waals surface area contributed by atoms with Crippen LogP contribution in [0.1, 0.15) is 181 Å². The second-order valence-corrected chi connectivity index (χ2v) is 18.3. The van der Waals surface area contributed by atoms with E-state index in [1.54, 1.807) is 0 Å². The molecule has 1 aliphatic carbocycles. The molecule has 6 atom stereocenters. The Labute approximate surface area is 387 Å². The highest BCUT2D eigenvalue weighted by molar-refractivity contribution is 7.47. The summed E-state index contributed by atoms with van der Waals surface area (Å²) in [6.07, 6.45) is 41.0. The summed E-state index contributed by atoms with van der Waals surface area (Å²) in [5, 5.41) is 50.3. The topological polar surface area (TPSA) is 192 Å². The molecule has 0 aromatic carbocycles. The Hall–Kier alpha value is -2.22. The second-order valence-electron chi connectivity index (χ2n) is 16.9. The van der Waals surface area contributed by atoms with Crippen LogP contribution in [0.2, 0.25) is 0 Å². The normalized spacial score (nSPS) is 22.3. The fourth-order valence-corrected chi connectivity index (χ4v) is 8.11. The zero-order chi connectivity index (χ0) is 46.9. The molecule has 1 rings (SSSR count). The highest BCUT2D eigenvalue weighted by Gasteiger charge is 2.51. The molecule has 1 saturated carbocycles. The number of hydrogen-bond donors (Lipinski definition) is 6. The molecule has 0 saturated heterocycles. The van der Waals surface area contributed by atoms with E-state index in [9.17, 15) is 39.8 Å². The molecule has 1 aliphatic rings. The zero-order valence-electron chi connectivity index (χ0n) is 39.6. The minimum absolute atomic E-state index is 0.0949. The first-order chi connectivity index (χ1) is 31.0.